The number of amides is 1. The van der Waals surface area contributed by atoms with Crippen LogP contribution < -0.4 is 11.0 Å². The van der Waals surface area contributed by atoms with Crippen LogP contribution in [-0.4, -0.2) is 22.1 Å². The van der Waals surface area contributed by atoms with Gasteiger partial charge in [-0.2, -0.15) is 18.3 Å². The number of hydrogen-bond donors (Lipinski definition) is 2. The maximum absolute atomic E-state index is 12.5. The number of carbonyl (C=O) groups is 1. The summed E-state index contributed by atoms with van der Waals surface area (Å²) in [7, 11) is 0. The minimum Gasteiger partial charge on any atom is -0.319 e. The Morgan fingerprint density at radius 2 is 1.86 bits per heavy atom. The number of alkyl halides is 3. The van der Waals surface area contributed by atoms with E-state index in [0.29, 0.717) is 16.6 Å². The van der Waals surface area contributed by atoms with Crippen LogP contribution in [0.5, 0.6) is 0 Å². The zero-order valence-electron chi connectivity index (χ0n) is 14.5. The fraction of sp³-hybridized carbons (Fsp3) is 0.158. The molecule has 1 aromatic heterocycles. The predicted octanol–water partition coefficient (Wildman–Crippen LogP) is 3.02. The number of nitrogens with zero attached hydrogens (tertiary/aromatic N) is 2. The Morgan fingerprint density at radius 3 is 2.57 bits per heavy atom. The number of hydrogen-bond acceptors (Lipinski definition) is 4. The Morgan fingerprint density at radius 1 is 1.14 bits per heavy atom. The molecule has 144 valence electrons. The minimum atomic E-state index is -4.40. The third-order valence-corrected chi connectivity index (χ3v) is 3.90. The average Bonchev–Trinajstić information content (AvgIpc) is 2.66. The van der Waals surface area contributed by atoms with Gasteiger partial charge in [0, 0.05) is 12.8 Å². The van der Waals surface area contributed by atoms with E-state index in [1.165, 1.54) is 18.3 Å². The molecule has 0 bridgehead atoms. The lowest BCUT2D eigenvalue weighted by atomic mass is 10.1. The molecule has 28 heavy (non-hydrogen) atoms. The second-order valence-corrected chi connectivity index (χ2v) is 5.94. The molecule has 0 unspecified atom stereocenters. The monoisotopic (exact) mass is 388 g/mol. The summed E-state index contributed by atoms with van der Waals surface area (Å²) < 4.78 is 37.5. The number of carbonyl (C=O) groups excluding carboxylic acids is 1. The van der Waals surface area contributed by atoms with Crippen LogP contribution in [0.25, 0.3) is 11.0 Å². The number of fused-ring (bicyclic) bond motifs is 1. The predicted molar refractivity (Wildman–Crippen MR) is 97.9 cm³/mol. The number of benzene rings is 2. The molecule has 0 saturated carbocycles. The first-order valence-electron chi connectivity index (χ1n) is 8.30. The van der Waals surface area contributed by atoms with Gasteiger partial charge in [-0.05, 0) is 29.8 Å². The van der Waals surface area contributed by atoms with Crippen molar-refractivity contribution < 1.29 is 18.0 Å². The van der Waals surface area contributed by atoms with Gasteiger partial charge in [0.2, 0.25) is 5.91 Å². The van der Waals surface area contributed by atoms with Gasteiger partial charge in [0.25, 0.3) is 5.56 Å². The smallest absolute Gasteiger partial charge is 0.319 e. The highest BCUT2D eigenvalue weighted by molar-refractivity contribution is 5.82. The fourth-order valence-electron chi connectivity index (χ4n) is 2.46. The van der Waals surface area contributed by atoms with E-state index in [-0.39, 0.29) is 24.1 Å². The number of H-pyrrole nitrogens is 1. The van der Waals surface area contributed by atoms with Crippen molar-refractivity contribution in [1.29, 1.82) is 0 Å². The molecule has 0 radical (unpaired) electrons. The lowest BCUT2D eigenvalue weighted by Crippen LogP contribution is -2.21. The average molecular weight is 388 g/mol. The third-order valence-electron chi connectivity index (χ3n) is 3.90. The lowest BCUT2D eigenvalue weighted by molar-refractivity contribution is -0.137. The van der Waals surface area contributed by atoms with Crippen molar-refractivity contribution in [2.24, 2.45) is 5.10 Å². The molecule has 0 aliphatic heterocycles. The summed E-state index contributed by atoms with van der Waals surface area (Å²) in [6.07, 6.45) is -3.06. The molecule has 0 aliphatic carbocycles. The summed E-state index contributed by atoms with van der Waals surface area (Å²) in [6, 6.07) is 11.4. The first-order valence-corrected chi connectivity index (χ1v) is 8.30. The summed E-state index contributed by atoms with van der Waals surface area (Å²) in [6.45, 7) is 0. The van der Waals surface area contributed by atoms with Gasteiger partial charge in [-0.3, -0.25) is 9.59 Å². The van der Waals surface area contributed by atoms with E-state index in [0.717, 1.165) is 12.1 Å². The normalized spacial score (nSPS) is 11.8. The van der Waals surface area contributed by atoms with Crippen LogP contribution in [0.4, 0.5) is 13.2 Å². The maximum Gasteiger partial charge on any atom is 0.416 e. The fourth-order valence-corrected chi connectivity index (χ4v) is 2.46. The molecule has 6 nitrogen and oxygen atoms in total. The van der Waals surface area contributed by atoms with Crippen molar-refractivity contribution in [3.8, 4) is 0 Å². The lowest BCUT2D eigenvalue weighted by Gasteiger charge is -2.05. The van der Waals surface area contributed by atoms with E-state index < -0.39 is 17.6 Å². The Balaban J connectivity index is 1.55. The highest BCUT2D eigenvalue weighted by Crippen LogP contribution is 2.28. The standard InChI is InChI=1S/C19H15F3N4O2/c20-19(21,22)13-7-5-12(6-8-13)11-23-26-17(27)10-9-16-18(28)25-15-4-2-1-3-14(15)24-16/h1-8,11H,9-10H2,(H,25,28)(H,26,27)/b23-11-. The quantitative estimate of drug-likeness (QED) is 0.520. The number of nitrogens with one attached hydrogen (secondary N) is 2. The van der Waals surface area contributed by atoms with Gasteiger partial charge >= 0.3 is 6.18 Å². The Hall–Kier alpha value is -3.49. The molecule has 3 rings (SSSR count). The van der Waals surface area contributed by atoms with Crippen LogP contribution in [0.15, 0.2) is 58.4 Å². The summed E-state index contributed by atoms with van der Waals surface area (Å²) in [5, 5.41) is 3.71. The molecule has 3 aromatic rings. The van der Waals surface area contributed by atoms with Crippen molar-refractivity contribution in [2.75, 3.05) is 0 Å². The van der Waals surface area contributed by atoms with Gasteiger partial charge in [0.05, 0.1) is 22.8 Å². The molecular formula is C19H15F3N4O2. The maximum atomic E-state index is 12.5. The number of aromatic nitrogens is 2. The number of hydrazone groups is 1. The summed E-state index contributed by atoms with van der Waals surface area (Å²) in [5.41, 5.74) is 3.02. The van der Waals surface area contributed by atoms with Crippen LogP contribution >= 0.6 is 0 Å². The molecule has 2 aromatic carbocycles. The zero-order chi connectivity index (χ0) is 20.1. The van der Waals surface area contributed by atoms with E-state index in [1.54, 1.807) is 24.3 Å². The molecule has 1 heterocycles. The highest BCUT2D eigenvalue weighted by atomic mass is 19.4. The van der Waals surface area contributed by atoms with Crippen molar-refractivity contribution in [2.45, 2.75) is 19.0 Å². The number of aryl methyl sites for hydroxylation is 1. The molecule has 0 saturated heterocycles. The molecule has 0 spiro atoms. The van der Waals surface area contributed by atoms with Crippen molar-refractivity contribution in [3.63, 3.8) is 0 Å². The topological polar surface area (TPSA) is 87.2 Å². The van der Waals surface area contributed by atoms with Crippen LogP contribution in [0, 0.1) is 0 Å². The van der Waals surface area contributed by atoms with Gasteiger partial charge < -0.3 is 4.98 Å². The van der Waals surface area contributed by atoms with Crippen molar-refractivity contribution in [3.05, 3.63) is 75.7 Å². The number of rotatable bonds is 5. The van der Waals surface area contributed by atoms with Gasteiger partial charge in [0.1, 0.15) is 5.69 Å². The van der Waals surface area contributed by atoms with Gasteiger partial charge in [-0.25, -0.2) is 10.4 Å². The Bertz CT molecular complexity index is 1070. The summed E-state index contributed by atoms with van der Waals surface area (Å²) in [5.74, 6) is -0.447. The van der Waals surface area contributed by atoms with E-state index in [1.807, 2.05) is 0 Å². The molecule has 9 heteroatoms. The molecule has 0 fully saturated rings. The van der Waals surface area contributed by atoms with Crippen molar-refractivity contribution >= 4 is 23.2 Å². The van der Waals surface area contributed by atoms with E-state index >= 15 is 0 Å². The minimum absolute atomic E-state index is 0.0151. The molecule has 2 N–H and O–H groups in total. The van der Waals surface area contributed by atoms with E-state index in [4.69, 9.17) is 0 Å². The molecular weight excluding hydrogens is 373 g/mol. The second kappa shape index (κ2) is 8.03. The highest BCUT2D eigenvalue weighted by Gasteiger charge is 2.29. The number of halogens is 3. The van der Waals surface area contributed by atoms with Crippen LogP contribution in [0.2, 0.25) is 0 Å². The van der Waals surface area contributed by atoms with Gasteiger partial charge in [-0.1, -0.05) is 24.3 Å². The van der Waals surface area contributed by atoms with Gasteiger partial charge in [-0.15, -0.1) is 0 Å². The largest absolute Gasteiger partial charge is 0.416 e. The Kier molecular flexibility index (Phi) is 5.53. The summed E-state index contributed by atoms with van der Waals surface area (Å²) >= 11 is 0. The molecule has 0 atom stereocenters. The van der Waals surface area contributed by atoms with Crippen LogP contribution in [0.1, 0.15) is 23.2 Å². The Labute approximate surface area is 157 Å². The first kappa shape index (κ1) is 19.3. The van der Waals surface area contributed by atoms with Crippen LogP contribution in [-0.2, 0) is 17.4 Å². The van der Waals surface area contributed by atoms with E-state index in [9.17, 15) is 22.8 Å². The number of para-hydroxylation sites is 2. The zero-order valence-corrected chi connectivity index (χ0v) is 14.5. The van der Waals surface area contributed by atoms with E-state index in [2.05, 4.69) is 20.5 Å². The SMILES string of the molecule is O=C(CCc1nc2ccccc2[nH]c1=O)N/N=C\c1ccc(C(F)(F)F)cc1. The number of aromatic amines is 1. The first-order chi connectivity index (χ1) is 13.3. The summed E-state index contributed by atoms with van der Waals surface area (Å²) in [4.78, 5) is 30.8. The third kappa shape index (κ3) is 4.81. The second-order valence-electron chi connectivity index (χ2n) is 5.94. The van der Waals surface area contributed by atoms with Gasteiger partial charge in [0.15, 0.2) is 0 Å². The van der Waals surface area contributed by atoms with Crippen LogP contribution in [0.3, 0.4) is 0 Å². The molecule has 0 aliphatic rings. The van der Waals surface area contributed by atoms with Crippen molar-refractivity contribution in [1.82, 2.24) is 15.4 Å². The molecule has 1 amide bonds.